The van der Waals surface area contributed by atoms with Gasteiger partial charge in [-0.15, -0.1) is 0 Å². The molecule has 1 atom stereocenters. The van der Waals surface area contributed by atoms with Gasteiger partial charge >= 0.3 is 0 Å². The first-order valence-corrected chi connectivity index (χ1v) is 6.77. The highest BCUT2D eigenvalue weighted by atomic mass is 16.3. The molecule has 1 amide bonds. The van der Waals surface area contributed by atoms with Crippen molar-refractivity contribution in [1.29, 1.82) is 0 Å². The number of rotatable bonds is 5. The molecule has 0 spiro atoms. The number of carbonyl (C=O) groups is 1. The number of aryl methyl sites for hydroxylation is 1. The lowest BCUT2D eigenvalue weighted by Crippen LogP contribution is -2.47. The normalized spacial score (nSPS) is 20.8. The monoisotopic (exact) mass is 250 g/mol. The first-order valence-electron chi connectivity index (χ1n) is 6.77. The van der Waals surface area contributed by atoms with Gasteiger partial charge in [-0.1, -0.05) is 6.42 Å². The molecule has 1 aromatic rings. The Morgan fingerprint density at radius 2 is 2.44 bits per heavy atom. The van der Waals surface area contributed by atoms with Crippen molar-refractivity contribution in [1.82, 2.24) is 10.2 Å². The standard InChI is InChI=1S/C14H22N2O2/c1-16-10-3-2-8-13(16)14(17)15-9-4-6-12-7-5-11-18-12/h5,7,11,13H,2-4,6,8-10H2,1H3,(H,15,17)/t13-/m1/s1. The maximum Gasteiger partial charge on any atom is 0.237 e. The van der Waals surface area contributed by atoms with E-state index in [4.69, 9.17) is 4.42 Å². The van der Waals surface area contributed by atoms with E-state index in [-0.39, 0.29) is 11.9 Å². The number of nitrogens with one attached hydrogen (secondary N) is 1. The van der Waals surface area contributed by atoms with Crippen LogP contribution in [0.2, 0.25) is 0 Å². The third-order valence-electron chi connectivity index (χ3n) is 3.55. The predicted molar refractivity (Wildman–Crippen MR) is 70.3 cm³/mol. The fourth-order valence-corrected chi connectivity index (χ4v) is 2.45. The van der Waals surface area contributed by atoms with Crippen molar-refractivity contribution < 1.29 is 9.21 Å². The molecule has 0 saturated carbocycles. The second kappa shape index (κ2) is 6.59. The summed E-state index contributed by atoms with van der Waals surface area (Å²) in [6.07, 6.45) is 6.85. The number of piperidine rings is 1. The van der Waals surface area contributed by atoms with E-state index in [0.29, 0.717) is 0 Å². The lowest BCUT2D eigenvalue weighted by atomic mass is 10.0. The van der Waals surface area contributed by atoms with Gasteiger partial charge in [0.2, 0.25) is 5.91 Å². The molecule has 0 radical (unpaired) electrons. The largest absolute Gasteiger partial charge is 0.469 e. The van der Waals surface area contributed by atoms with Gasteiger partial charge in [0.1, 0.15) is 5.76 Å². The van der Waals surface area contributed by atoms with Crippen LogP contribution in [-0.2, 0) is 11.2 Å². The topological polar surface area (TPSA) is 45.5 Å². The first kappa shape index (κ1) is 13.1. The lowest BCUT2D eigenvalue weighted by Gasteiger charge is -2.31. The fraction of sp³-hybridized carbons (Fsp3) is 0.643. The summed E-state index contributed by atoms with van der Waals surface area (Å²) >= 11 is 0. The van der Waals surface area contributed by atoms with Crippen LogP contribution in [-0.4, -0.2) is 37.0 Å². The molecule has 2 heterocycles. The van der Waals surface area contributed by atoms with Gasteiger partial charge in [0.15, 0.2) is 0 Å². The third-order valence-corrected chi connectivity index (χ3v) is 3.55. The van der Waals surface area contributed by atoms with Crippen LogP contribution >= 0.6 is 0 Å². The van der Waals surface area contributed by atoms with Crippen molar-refractivity contribution in [3.05, 3.63) is 24.2 Å². The van der Waals surface area contributed by atoms with E-state index in [1.54, 1.807) is 6.26 Å². The Balaban J connectivity index is 1.65. The molecule has 2 rings (SSSR count). The minimum atomic E-state index is 0.0716. The number of hydrogen-bond donors (Lipinski definition) is 1. The summed E-state index contributed by atoms with van der Waals surface area (Å²) in [5.41, 5.74) is 0. The first-order chi connectivity index (χ1) is 8.77. The molecule has 1 aromatic heterocycles. The Morgan fingerprint density at radius 1 is 1.56 bits per heavy atom. The van der Waals surface area contributed by atoms with Gasteiger partial charge in [-0.2, -0.15) is 0 Å². The number of hydrogen-bond acceptors (Lipinski definition) is 3. The minimum absolute atomic E-state index is 0.0716. The van der Waals surface area contributed by atoms with Gasteiger partial charge in [0.25, 0.3) is 0 Å². The molecule has 1 N–H and O–H groups in total. The quantitative estimate of drug-likeness (QED) is 0.811. The molecular formula is C14H22N2O2. The molecule has 100 valence electrons. The summed E-state index contributed by atoms with van der Waals surface area (Å²) in [5, 5.41) is 3.02. The SMILES string of the molecule is CN1CCCC[C@@H]1C(=O)NCCCc1ccco1. The maximum absolute atomic E-state index is 12.0. The van der Waals surface area contributed by atoms with Crippen molar-refractivity contribution in [3.63, 3.8) is 0 Å². The molecule has 0 aliphatic carbocycles. The Bertz CT molecular complexity index is 362. The van der Waals surface area contributed by atoms with Crippen molar-refractivity contribution in [3.8, 4) is 0 Å². The van der Waals surface area contributed by atoms with Gasteiger partial charge in [0, 0.05) is 13.0 Å². The number of furan rings is 1. The summed E-state index contributed by atoms with van der Waals surface area (Å²) in [5.74, 6) is 1.16. The summed E-state index contributed by atoms with van der Waals surface area (Å²) < 4.78 is 5.25. The zero-order valence-electron chi connectivity index (χ0n) is 11.0. The number of nitrogens with zero attached hydrogens (tertiary/aromatic N) is 1. The molecule has 1 fully saturated rings. The Kier molecular flexibility index (Phi) is 4.81. The van der Waals surface area contributed by atoms with Crippen LogP contribution < -0.4 is 5.32 Å². The third kappa shape index (κ3) is 3.60. The summed E-state index contributed by atoms with van der Waals surface area (Å²) in [4.78, 5) is 14.2. The molecule has 0 unspecified atom stereocenters. The van der Waals surface area contributed by atoms with Crippen molar-refractivity contribution >= 4 is 5.91 Å². The Morgan fingerprint density at radius 3 is 3.17 bits per heavy atom. The molecule has 4 heteroatoms. The van der Waals surface area contributed by atoms with Crippen molar-refractivity contribution in [2.75, 3.05) is 20.1 Å². The average Bonchev–Trinajstić information content (AvgIpc) is 2.88. The Hall–Kier alpha value is -1.29. The van der Waals surface area contributed by atoms with E-state index >= 15 is 0 Å². The van der Waals surface area contributed by atoms with Gasteiger partial charge in [-0.3, -0.25) is 9.69 Å². The highest BCUT2D eigenvalue weighted by molar-refractivity contribution is 5.81. The average molecular weight is 250 g/mol. The molecule has 0 aromatic carbocycles. The maximum atomic E-state index is 12.0. The summed E-state index contributed by atoms with van der Waals surface area (Å²) in [6.45, 7) is 1.76. The molecule has 1 aliphatic rings. The summed E-state index contributed by atoms with van der Waals surface area (Å²) in [6, 6.07) is 3.93. The number of amides is 1. The zero-order chi connectivity index (χ0) is 12.8. The van der Waals surface area contributed by atoms with Crippen LogP contribution in [0.4, 0.5) is 0 Å². The number of likely N-dealkylation sites (N-methyl/N-ethyl adjacent to an activating group) is 1. The summed E-state index contributed by atoms with van der Waals surface area (Å²) in [7, 11) is 2.03. The highest BCUT2D eigenvalue weighted by Gasteiger charge is 2.25. The van der Waals surface area contributed by atoms with E-state index < -0.39 is 0 Å². The van der Waals surface area contributed by atoms with E-state index in [1.165, 1.54) is 6.42 Å². The van der Waals surface area contributed by atoms with Gasteiger partial charge < -0.3 is 9.73 Å². The van der Waals surface area contributed by atoms with E-state index in [0.717, 1.165) is 44.5 Å². The van der Waals surface area contributed by atoms with Crippen molar-refractivity contribution in [2.24, 2.45) is 0 Å². The highest BCUT2D eigenvalue weighted by Crippen LogP contribution is 2.14. The predicted octanol–water partition coefficient (Wildman–Crippen LogP) is 1.81. The van der Waals surface area contributed by atoms with E-state index in [1.807, 2.05) is 19.2 Å². The van der Waals surface area contributed by atoms with Gasteiger partial charge in [0.05, 0.1) is 12.3 Å². The second-order valence-electron chi connectivity index (χ2n) is 4.97. The van der Waals surface area contributed by atoms with Crippen LogP contribution in [0.5, 0.6) is 0 Å². The number of carbonyl (C=O) groups excluding carboxylic acids is 1. The van der Waals surface area contributed by atoms with Crippen molar-refractivity contribution in [2.45, 2.75) is 38.1 Å². The molecule has 1 aliphatic heterocycles. The fourth-order valence-electron chi connectivity index (χ4n) is 2.45. The second-order valence-corrected chi connectivity index (χ2v) is 4.97. The molecule has 1 saturated heterocycles. The molecule has 18 heavy (non-hydrogen) atoms. The zero-order valence-corrected chi connectivity index (χ0v) is 11.0. The van der Waals surface area contributed by atoms with Crippen LogP contribution in [0.25, 0.3) is 0 Å². The smallest absolute Gasteiger partial charge is 0.237 e. The van der Waals surface area contributed by atoms with Crippen LogP contribution in [0.15, 0.2) is 22.8 Å². The van der Waals surface area contributed by atoms with Crippen LogP contribution in [0.3, 0.4) is 0 Å². The molecule has 0 bridgehead atoms. The van der Waals surface area contributed by atoms with Crippen LogP contribution in [0.1, 0.15) is 31.4 Å². The lowest BCUT2D eigenvalue weighted by molar-refractivity contribution is -0.127. The van der Waals surface area contributed by atoms with E-state index in [9.17, 15) is 4.79 Å². The van der Waals surface area contributed by atoms with Crippen LogP contribution in [0, 0.1) is 0 Å². The number of likely N-dealkylation sites (tertiary alicyclic amines) is 1. The van der Waals surface area contributed by atoms with Gasteiger partial charge in [-0.25, -0.2) is 0 Å². The van der Waals surface area contributed by atoms with Gasteiger partial charge in [-0.05, 0) is 45.0 Å². The van der Waals surface area contributed by atoms with E-state index in [2.05, 4.69) is 10.2 Å². The molecule has 4 nitrogen and oxygen atoms in total. The minimum Gasteiger partial charge on any atom is -0.469 e. The molecular weight excluding hydrogens is 228 g/mol. The Labute approximate surface area is 108 Å².